The average Bonchev–Trinajstić information content (AvgIpc) is 3.60. The number of hydrogen-bond donors (Lipinski definition) is 1. The third kappa shape index (κ3) is 5.91. The summed E-state index contributed by atoms with van der Waals surface area (Å²) in [5, 5.41) is 14.0. The van der Waals surface area contributed by atoms with Gasteiger partial charge < -0.3 is 24.1 Å². The number of benzene rings is 1. The van der Waals surface area contributed by atoms with E-state index >= 15 is 0 Å². The molecular weight excluding hydrogens is 468 g/mol. The van der Waals surface area contributed by atoms with Gasteiger partial charge in [-0.2, -0.15) is 0 Å². The Bertz CT molecular complexity index is 1050. The fourth-order valence-corrected chi connectivity index (χ4v) is 4.16. The van der Waals surface area contributed by atoms with Crippen molar-refractivity contribution in [2.24, 2.45) is 0 Å². The Kier molecular flexibility index (Phi) is 7.76. The Morgan fingerprint density at radius 1 is 1.21 bits per heavy atom. The highest BCUT2D eigenvalue weighted by molar-refractivity contribution is 6.32. The molecule has 0 aliphatic carbocycles. The Labute approximate surface area is 200 Å². The number of nitrogens with zero attached hydrogens (tertiary/aromatic N) is 3. The fraction of sp³-hybridized carbons (Fsp3) is 0.500. The number of aromatic nitrogens is 1. The van der Waals surface area contributed by atoms with Gasteiger partial charge in [0.1, 0.15) is 11.3 Å². The predicted molar refractivity (Wildman–Crippen MR) is 120 cm³/mol. The van der Waals surface area contributed by atoms with Crippen LogP contribution in [0, 0.1) is 10.1 Å². The molecule has 1 aromatic heterocycles. The highest BCUT2D eigenvalue weighted by atomic mass is 35.5. The van der Waals surface area contributed by atoms with Gasteiger partial charge in [0.05, 0.1) is 23.7 Å². The molecule has 0 saturated carbocycles. The molecule has 0 radical (unpaired) electrons. The topological polar surface area (TPSA) is 137 Å². The van der Waals surface area contributed by atoms with E-state index in [9.17, 15) is 19.7 Å². The lowest BCUT2D eigenvalue weighted by Gasteiger charge is -2.24. The van der Waals surface area contributed by atoms with Gasteiger partial charge in [-0.3, -0.25) is 19.7 Å². The van der Waals surface area contributed by atoms with Crippen LogP contribution in [0.4, 0.5) is 5.69 Å². The standard InChI is InChI=1S/C22H25ClN4O7/c23-17-6-5-14(9-19(17)27(30)31)22(29)26(11-16-4-2-8-33-16)12-20-25-18(13-34-20)21(28)24-10-15-3-1-7-32-15/h5-6,9,13,15-16H,1-4,7-8,10-12H2,(H,24,28). The number of halogens is 1. The van der Waals surface area contributed by atoms with E-state index in [1.165, 1.54) is 23.3 Å². The molecule has 0 spiro atoms. The average molecular weight is 493 g/mol. The minimum Gasteiger partial charge on any atom is -0.446 e. The summed E-state index contributed by atoms with van der Waals surface area (Å²) in [6.07, 6.45) is 4.60. The van der Waals surface area contributed by atoms with E-state index < -0.39 is 16.7 Å². The van der Waals surface area contributed by atoms with Crippen molar-refractivity contribution < 1.29 is 28.4 Å². The number of oxazole rings is 1. The minimum absolute atomic E-state index is 0.00159. The van der Waals surface area contributed by atoms with Crippen LogP contribution >= 0.6 is 11.6 Å². The van der Waals surface area contributed by atoms with Crippen molar-refractivity contribution in [1.29, 1.82) is 0 Å². The van der Waals surface area contributed by atoms with Crippen LogP contribution in [0.15, 0.2) is 28.9 Å². The number of ether oxygens (including phenoxy) is 2. The number of amides is 2. The zero-order chi connectivity index (χ0) is 24.1. The number of carbonyl (C=O) groups is 2. The molecule has 0 bridgehead atoms. The first-order chi connectivity index (χ1) is 16.4. The Morgan fingerprint density at radius 3 is 2.62 bits per heavy atom. The molecule has 2 atom stereocenters. The third-order valence-corrected chi connectivity index (χ3v) is 6.07. The molecule has 2 aliphatic heterocycles. The normalized spacial score (nSPS) is 19.8. The maximum atomic E-state index is 13.3. The molecule has 12 heteroatoms. The zero-order valence-corrected chi connectivity index (χ0v) is 19.2. The van der Waals surface area contributed by atoms with Gasteiger partial charge in [-0.25, -0.2) is 4.98 Å². The first-order valence-electron chi connectivity index (χ1n) is 11.1. The second-order valence-electron chi connectivity index (χ2n) is 8.22. The van der Waals surface area contributed by atoms with E-state index in [0.29, 0.717) is 19.8 Å². The lowest BCUT2D eigenvalue weighted by atomic mass is 10.1. The lowest BCUT2D eigenvalue weighted by Crippen LogP contribution is -2.37. The molecule has 1 aromatic carbocycles. The fourth-order valence-electron chi connectivity index (χ4n) is 3.98. The molecule has 2 aliphatic rings. The monoisotopic (exact) mass is 492 g/mol. The molecular formula is C22H25ClN4O7. The van der Waals surface area contributed by atoms with Gasteiger partial charge >= 0.3 is 0 Å². The van der Waals surface area contributed by atoms with Gasteiger partial charge in [-0.05, 0) is 37.8 Å². The van der Waals surface area contributed by atoms with E-state index in [1.54, 1.807) is 0 Å². The van der Waals surface area contributed by atoms with Crippen molar-refractivity contribution in [3.63, 3.8) is 0 Å². The van der Waals surface area contributed by atoms with Crippen LogP contribution in [-0.2, 0) is 16.0 Å². The highest BCUT2D eigenvalue weighted by Gasteiger charge is 2.27. The summed E-state index contributed by atoms with van der Waals surface area (Å²) in [5.41, 5.74) is -0.152. The van der Waals surface area contributed by atoms with Crippen LogP contribution in [0.3, 0.4) is 0 Å². The van der Waals surface area contributed by atoms with Gasteiger partial charge in [-0.15, -0.1) is 0 Å². The van der Waals surface area contributed by atoms with E-state index in [0.717, 1.165) is 31.7 Å². The van der Waals surface area contributed by atoms with Gasteiger partial charge in [0.15, 0.2) is 5.69 Å². The smallest absolute Gasteiger partial charge is 0.288 e. The lowest BCUT2D eigenvalue weighted by molar-refractivity contribution is -0.384. The molecule has 11 nitrogen and oxygen atoms in total. The quantitative estimate of drug-likeness (QED) is 0.416. The number of nitrogens with one attached hydrogen (secondary N) is 1. The Morgan fingerprint density at radius 2 is 1.94 bits per heavy atom. The van der Waals surface area contributed by atoms with Gasteiger partial charge in [-0.1, -0.05) is 11.6 Å². The first kappa shape index (κ1) is 24.1. The SMILES string of the molecule is O=C(NCC1CCCO1)c1coc(CN(CC2CCCO2)C(=O)c2ccc(Cl)c([N+](=O)[O-])c2)n1. The van der Waals surface area contributed by atoms with Crippen molar-refractivity contribution in [3.8, 4) is 0 Å². The molecule has 1 N–H and O–H groups in total. The van der Waals surface area contributed by atoms with Gasteiger partial charge in [0.25, 0.3) is 17.5 Å². The second-order valence-corrected chi connectivity index (χ2v) is 8.62. The van der Waals surface area contributed by atoms with Crippen molar-refractivity contribution >= 4 is 29.1 Å². The van der Waals surface area contributed by atoms with E-state index in [1.807, 2.05) is 0 Å². The summed E-state index contributed by atoms with van der Waals surface area (Å²) in [7, 11) is 0. The number of nitro groups is 1. The summed E-state index contributed by atoms with van der Waals surface area (Å²) >= 11 is 5.88. The number of rotatable bonds is 9. The van der Waals surface area contributed by atoms with Gasteiger partial charge in [0.2, 0.25) is 5.89 Å². The number of hydrogen-bond acceptors (Lipinski definition) is 8. The summed E-state index contributed by atoms with van der Waals surface area (Å²) in [4.78, 5) is 41.9. The largest absolute Gasteiger partial charge is 0.446 e. The van der Waals surface area contributed by atoms with Crippen molar-refractivity contribution in [3.05, 3.63) is 56.7 Å². The van der Waals surface area contributed by atoms with E-state index in [2.05, 4.69) is 10.3 Å². The van der Waals surface area contributed by atoms with Crippen molar-refractivity contribution in [2.45, 2.75) is 44.4 Å². The summed E-state index contributed by atoms with van der Waals surface area (Å²) in [5.74, 6) is -0.689. The first-order valence-corrected chi connectivity index (χ1v) is 11.5. The minimum atomic E-state index is -0.640. The van der Waals surface area contributed by atoms with Crippen molar-refractivity contribution in [2.75, 3.05) is 26.3 Å². The zero-order valence-electron chi connectivity index (χ0n) is 18.4. The number of nitro benzene ring substituents is 1. The summed E-state index contributed by atoms with van der Waals surface area (Å²) in [6, 6.07) is 3.89. The summed E-state index contributed by atoms with van der Waals surface area (Å²) in [6.45, 7) is 1.90. The molecule has 34 heavy (non-hydrogen) atoms. The molecule has 2 aromatic rings. The molecule has 2 unspecified atom stereocenters. The molecule has 2 amide bonds. The van der Waals surface area contributed by atoms with Crippen LogP contribution in [0.1, 0.15) is 52.4 Å². The van der Waals surface area contributed by atoms with Crippen LogP contribution < -0.4 is 5.32 Å². The van der Waals surface area contributed by atoms with Crippen LogP contribution in [0.25, 0.3) is 0 Å². The Balaban J connectivity index is 1.47. The van der Waals surface area contributed by atoms with E-state index in [-0.39, 0.29) is 53.2 Å². The second kappa shape index (κ2) is 10.9. The number of carbonyl (C=O) groups excluding carboxylic acids is 2. The maximum absolute atomic E-state index is 13.3. The molecule has 4 rings (SSSR count). The maximum Gasteiger partial charge on any atom is 0.288 e. The molecule has 2 fully saturated rings. The van der Waals surface area contributed by atoms with Gasteiger partial charge in [0, 0.05) is 37.9 Å². The molecule has 3 heterocycles. The molecule has 2 saturated heterocycles. The predicted octanol–water partition coefficient (Wildman–Crippen LogP) is 2.97. The highest BCUT2D eigenvalue weighted by Crippen LogP contribution is 2.26. The van der Waals surface area contributed by atoms with Crippen molar-refractivity contribution in [1.82, 2.24) is 15.2 Å². The molecule has 182 valence electrons. The van der Waals surface area contributed by atoms with Crippen LogP contribution in [0.5, 0.6) is 0 Å². The third-order valence-electron chi connectivity index (χ3n) is 5.75. The Hall–Kier alpha value is -3.02. The summed E-state index contributed by atoms with van der Waals surface area (Å²) < 4.78 is 16.6. The van der Waals surface area contributed by atoms with Crippen LogP contribution in [-0.4, -0.2) is 65.1 Å². The van der Waals surface area contributed by atoms with Crippen LogP contribution in [0.2, 0.25) is 5.02 Å². The van der Waals surface area contributed by atoms with E-state index in [4.69, 9.17) is 25.5 Å².